The van der Waals surface area contributed by atoms with Crippen molar-refractivity contribution in [2.75, 3.05) is 6.61 Å². The molecule has 6 heteroatoms. The summed E-state index contributed by atoms with van der Waals surface area (Å²) >= 11 is 0. The second kappa shape index (κ2) is 5.58. The van der Waals surface area contributed by atoms with Crippen molar-refractivity contribution in [2.45, 2.75) is 19.5 Å². The number of rotatable bonds is 4. The first-order valence-electron chi connectivity index (χ1n) is 4.93. The van der Waals surface area contributed by atoms with Crippen LogP contribution in [0.3, 0.4) is 0 Å². The molecule has 0 aliphatic carbocycles. The number of carbonyl (C=O) groups is 1. The third kappa shape index (κ3) is 3.13. The van der Waals surface area contributed by atoms with E-state index < -0.39 is 29.8 Å². The molecule has 0 aliphatic rings. The average Bonchev–Trinajstić information content (AvgIpc) is 2.28. The molecule has 0 radical (unpaired) electrons. The molecule has 0 aromatic heterocycles. The Morgan fingerprint density at radius 1 is 1.47 bits per heavy atom. The molecule has 1 unspecified atom stereocenters. The predicted molar refractivity (Wildman–Crippen MR) is 54.7 cm³/mol. The number of halogens is 2. The van der Waals surface area contributed by atoms with Gasteiger partial charge in [-0.25, -0.2) is 13.6 Å². The van der Waals surface area contributed by atoms with E-state index in [9.17, 15) is 18.7 Å². The number of phenols is 1. The average molecular weight is 246 g/mol. The van der Waals surface area contributed by atoms with Crippen LogP contribution in [0.2, 0.25) is 0 Å². The number of aliphatic hydroxyl groups is 1. The quantitative estimate of drug-likeness (QED) is 0.796. The largest absolute Gasteiger partial charge is 0.507 e. The maximum atomic E-state index is 12.5. The monoisotopic (exact) mass is 246 g/mol. The van der Waals surface area contributed by atoms with Crippen LogP contribution in [-0.2, 0) is 9.53 Å². The molecule has 17 heavy (non-hydrogen) atoms. The Morgan fingerprint density at radius 3 is 2.65 bits per heavy atom. The zero-order valence-electron chi connectivity index (χ0n) is 9.06. The number of benzene rings is 1. The molecule has 1 aromatic carbocycles. The van der Waals surface area contributed by atoms with E-state index in [2.05, 4.69) is 4.74 Å². The third-order valence-corrected chi connectivity index (χ3v) is 2.11. The molecule has 0 bridgehead atoms. The van der Waals surface area contributed by atoms with Crippen LogP contribution >= 0.6 is 0 Å². The van der Waals surface area contributed by atoms with Crippen molar-refractivity contribution in [3.8, 4) is 5.75 Å². The molecular weight excluding hydrogens is 234 g/mol. The zero-order chi connectivity index (χ0) is 13.0. The first-order valence-corrected chi connectivity index (χ1v) is 4.93. The van der Waals surface area contributed by atoms with Gasteiger partial charge in [0.25, 0.3) is 6.43 Å². The van der Waals surface area contributed by atoms with Gasteiger partial charge >= 0.3 is 5.97 Å². The second-order valence-corrected chi connectivity index (χ2v) is 3.27. The summed E-state index contributed by atoms with van der Waals surface area (Å²) in [5.74, 6) is -1.50. The highest BCUT2D eigenvalue weighted by atomic mass is 19.3. The van der Waals surface area contributed by atoms with Gasteiger partial charge in [-0.2, -0.15) is 0 Å². The van der Waals surface area contributed by atoms with Gasteiger partial charge in [0, 0.05) is 0 Å². The van der Waals surface area contributed by atoms with Gasteiger partial charge < -0.3 is 14.9 Å². The molecule has 0 spiro atoms. The molecule has 0 saturated carbocycles. The highest BCUT2D eigenvalue weighted by Gasteiger charge is 2.21. The van der Waals surface area contributed by atoms with Crippen molar-refractivity contribution in [2.24, 2.45) is 0 Å². The zero-order valence-corrected chi connectivity index (χ0v) is 9.06. The van der Waals surface area contributed by atoms with E-state index in [-0.39, 0.29) is 12.2 Å². The summed E-state index contributed by atoms with van der Waals surface area (Å²) in [7, 11) is 0. The second-order valence-electron chi connectivity index (χ2n) is 3.27. The summed E-state index contributed by atoms with van der Waals surface area (Å²) in [5.41, 5.74) is -0.678. The number of alkyl halides is 2. The van der Waals surface area contributed by atoms with Gasteiger partial charge in [-0.05, 0) is 24.6 Å². The van der Waals surface area contributed by atoms with E-state index in [4.69, 9.17) is 5.11 Å². The van der Waals surface area contributed by atoms with Crippen LogP contribution in [0.1, 0.15) is 30.6 Å². The molecule has 94 valence electrons. The Labute approximate surface area is 96.5 Å². The van der Waals surface area contributed by atoms with E-state index in [1.807, 2.05) is 0 Å². The summed E-state index contributed by atoms with van der Waals surface area (Å²) in [6, 6.07) is 3.06. The highest BCUT2D eigenvalue weighted by molar-refractivity contribution is 5.76. The normalized spacial score (nSPS) is 12.5. The van der Waals surface area contributed by atoms with Crippen molar-refractivity contribution < 1.29 is 28.5 Å². The van der Waals surface area contributed by atoms with E-state index >= 15 is 0 Å². The van der Waals surface area contributed by atoms with Crippen molar-refractivity contribution >= 4 is 5.97 Å². The Kier molecular flexibility index (Phi) is 4.39. The Hall–Kier alpha value is -1.69. The topological polar surface area (TPSA) is 66.8 Å². The number of hydrogen-bond acceptors (Lipinski definition) is 4. The Balaban J connectivity index is 2.99. The van der Waals surface area contributed by atoms with Crippen LogP contribution in [-0.4, -0.2) is 22.8 Å². The van der Waals surface area contributed by atoms with E-state index in [1.54, 1.807) is 6.92 Å². The minimum absolute atomic E-state index is 0.0449. The van der Waals surface area contributed by atoms with Crippen LogP contribution in [0.5, 0.6) is 5.75 Å². The number of aromatic hydroxyl groups is 1. The fraction of sp³-hybridized carbons (Fsp3) is 0.364. The van der Waals surface area contributed by atoms with Crippen LogP contribution in [0.25, 0.3) is 0 Å². The maximum Gasteiger partial charge on any atom is 0.339 e. The molecule has 1 aromatic rings. The third-order valence-electron chi connectivity index (χ3n) is 2.11. The molecule has 1 rings (SSSR count). The number of aliphatic hydroxyl groups excluding tert-OH is 1. The molecule has 0 heterocycles. The van der Waals surface area contributed by atoms with Crippen molar-refractivity contribution in [1.29, 1.82) is 0 Å². The van der Waals surface area contributed by atoms with E-state index in [0.29, 0.717) is 0 Å². The lowest BCUT2D eigenvalue weighted by molar-refractivity contribution is -0.153. The number of hydrogen-bond donors (Lipinski definition) is 2. The fourth-order valence-corrected chi connectivity index (χ4v) is 1.28. The van der Waals surface area contributed by atoms with Crippen molar-refractivity contribution in [1.82, 2.24) is 0 Å². The highest BCUT2D eigenvalue weighted by Crippen LogP contribution is 2.30. The lowest BCUT2D eigenvalue weighted by Gasteiger charge is -2.12. The minimum Gasteiger partial charge on any atom is -0.507 e. The van der Waals surface area contributed by atoms with Gasteiger partial charge in [0.2, 0.25) is 0 Å². The summed E-state index contributed by atoms with van der Waals surface area (Å²) in [6.07, 6.45) is -4.52. The molecule has 4 nitrogen and oxygen atoms in total. The number of esters is 1. The lowest BCUT2D eigenvalue weighted by Crippen LogP contribution is -2.15. The standard InChI is InChI=1S/C11H12F2O4/c1-2-17-11(16)9(15)6-3-4-8(14)7(5-6)10(12)13/h3-5,9-10,14-15H,2H2,1H3. The number of ether oxygens (including phenoxy) is 1. The van der Waals surface area contributed by atoms with Gasteiger partial charge in [0.1, 0.15) is 5.75 Å². The van der Waals surface area contributed by atoms with Crippen molar-refractivity contribution in [3.05, 3.63) is 29.3 Å². The van der Waals surface area contributed by atoms with Gasteiger partial charge in [-0.15, -0.1) is 0 Å². The Morgan fingerprint density at radius 2 is 2.12 bits per heavy atom. The van der Waals surface area contributed by atoms with Crippen LogP contribution in [0.15, 0.2) is 18.2 Å². The number of phenolic OH excluding ortho intramolecular Hbond substituents is 1. The first kappa shape index (κ1) is 13.4. The van der Waals surface area contributed by atoms with E-state index in [1.165, 1.54) is 6.07 Å². The molecular formula is C11H12F2O4. The van der Waals surface area contributed by atoms with Crippen molar-refractivity contribution in [3.63, 3.8) is 0 Å². The Bertz CT molecular complexity index is 406. The summed E-state index contributed by atoms with van der Waals surface area (Å²) < 4.78 is 29.5. The summed E-state index contributed by atoms with van der Waals surface area (Å²) in [4.78, 5) is 11.2. The van der Waals surface area contributed by atoms with Crippen LogP contribution in [0.4, 0.5) is 8.78 Å². The molecule has 0 aliphatic heterocycles. The fourth-order valence-electron chi connectivity index (χ4n) is 1.28. The molecule has 0 amide bonds. The van der Waals surface area contributed by atoms with Gasteiger partial charge in [0.15, 0.2) is 6.10 Å². The molecule has 0 fully saturated rings. The smallest absolute Gasteiger partial charge is 0.339 e. The molecule has 0 saturated heterocycles. The van der Waals surface area contributed by atoms with Crippen LogP contribution < -0.4 is 0 Å². The summed E-state index contributed by atoms with van der Waals surface area (Å²) in [6.45, 7) is 1.64. The molecule has 2 N–H and O–H groups in total. The van der Waals surface area contributed by atoms with Gasteiger partial charge in [-0.3, -0.25) is 0 Å². The van der Waals surface area contributed by atoms with Gasteiger partial charge in [-0.1, -0.05) is 6.07 Å². The van der Waals surface area contributed by atoms with Crippen LogP contribution in [0, 0.1) is 0 Å². The van der Waals surface area contributed by atoms with Gasteiger partial charge in [0.05, 0.1) is 12.2 Å². The summed E-state index contributed by atoms with van der Waals surface area (Å²) in [5, 5.41) is 18.7. The maximum absolute atomic E-state index is 12.5. The SMILES string of the molecule is CCOC(=O)C(O)c1ccc(O)c(C(F)F)c1. The molecule has 1 atom stereocenters. The minimum atomic E-state index is -2.88. The lowest BCUT2D eigenvalue weighted by atomic mass is 10.1. The number of carbonyl (C=O) groups excluding carboxylic acids is 1. The van der Waals surface area contributed by atoms with E-state index in [0.717, 1.165) is 12.1 Å². The first-order chi connectivity index (χ1) is 7.97. The predicted octanol–water partition coefficient (Wildman–Crippen LogP) is 1.93.